The Hall–Kier alpha value is -2.85. The molecule has 4 aromatic rings. The maximum Gasteiger partial charge on any atom is 0.268 e. The predicted molar refractivity (Wildman–Crippen MR) is 96.4 cm³/mol. The molecule has 0 unspecified atom stereocenters. The van der Waals surface area contributed by atoms with Gasteiger partial charge in [-0.3, -0.25) is 0 Å². The molecular weight excluding hydrogens is 318 g/mol. The minimum absolute atomic E-state index is 0.281. The van der Waals surface area contributed by atoms with Gasteiger partial charge in [-0.05, 0) is 29.8 Å². The summed E-state index contributed by atoms with van der Waals surface area (Å²) in [4.78, 5) is 0.281. The smallest absolute Gasteiger partial charge is 0.233 e. The van der Waals surface area contributed by atoms with Gasteiger partial charge >= 0.3 is 0 Å². The minimum atomic E-state index is -3.68. The van der Waals surface area contributed by atoms with Crippen molar-refractivity contribution in [3.63, 3.8) is 0 Å². The number of benzene rings is 3. The molecular formula is C20H15NO2S. The molecule has 0 aliphatic heterocycles. The molecule has 1 heterocycles. The van der Waals surface area contributed by atoms with E-state index in [-0.39, 0.29) is 4.90 Å². The molecule has 0 saturated heterocycles. The molecule has 3 nitrogen and oxygen atoms in total. The third kappa shape index (κ3) is 2.32. The quantitative estimate of drug-likeness (QED) is 0.552. The van der Waals surface area contributed by atoms with Gasteiger partial charge in [0.05, 0.1) is 16.1 Å². The Labute approximate surface area is 140 Å². The molecule has 3 aromatic carbocycles. The van der Waals surface area contributed by atoms with Crippen LogP contribution >= 0.6 is 0 Å². The normalized spacial score (nSPS) is 11.7. The fraction of sp³-hybridized carbons (Fsp3) is 0. The van der Waals surface area contributed by atoms with Crippen LogP contribution in [0.1, 0.15) is 0 Å². The van der Waals surface area contributed by atoms with Crippen LogP contribution in [0.25, 0.3) is 22.2 Å². The Kier molecular flexibility index (Phi) is 3.47. The molecule has 0 aliphatic rings. The molecule has 4 heteroatoms. The van der Waals surface area contributed by atoms with Crippen LogP contribution in [-0.2, 0) is 10.0 Å². The topological polar surface area (TPSA) is 39.1 Å². The average Bonchev–Trinajstić information content (AvgIpc) is 3.03. The second-order valence-corrected chi connectivity index (χ2v) is 7.32. The second kappa shape index (κ2) is 5.65. The van der Waals surface area contributed by atoms with Crippen molar-refractivity contribution < 1.29 is 8.42 Å². The third-order valence-electron chi connectivity index (χ3n) is 4.02. The SMILES string of the molecule is O=S(=O)(c1ccccc1)n1c(-c2ccccc2)cc2ccccc21. The number of hydrogen-bond acceptors (Lipinski definition) is 2. The fourth-order valence-electron chi connectivity index (χ4n) is 2.90. The summed E-state index contributed by atoms with van der Waals surface area (Å²) < 4.78 is 28.0. The summed E-state index contributed by atoms with van der Waals surface area (Å²) in [5.41, 5.74) is 2.22. The molecule has 118 valence electrons. The van der Waals surface area contributed by atoms with Crippen LogP contribution in [-0.4, -0.2) is 12.4 Å². The van der Waals surface area contributed by atoms with Crippen LogP contribution in [0.4, 0.5) is 0 Å². The summed E-state index contributed by atoms with van der Waals surface area (Å²) in [6.45, 7) is 0. The number of aromatic nitrogens is 1. The molecule has 4 rings (SSSR count). The lowest BCUT2D eigenvalue weighted by molar-refractivity contribution is 0.589. The van der Waals surface area contributed by atoms with Gasteiger partial charge in [0.2, 0.25) is 0 Å². The zero-order chi connectivity index (χ0) is 16.6. The van der Waals surface area contributed by atoms with E-state index in [0.717, 1.165) is 10.9 Å². The van der Waals surface area contributed by atoms with Gasteiger partial charge in [-0.2, -0.15) is 0 Å². The van der Waals surface area contributed by atoms with Gasteiger partial charge in [0.1, 0.15) is 0 Å². The van der Waals surface area contributed by atoms with E-state index in [4.69, 9.17) is 0 Å². The Morgan fingerprint density at radius 2 is 1.25 bits per heavy atom. The molecule has 1 aromatic heterocycles. The van der Waals surface area contributed by atoms with E-state index in [2.05, 4.69) is 0 Å². The van der Waals surface area contributed by atoms with Gasteiger partial charge < -0.3 is 0 Å². The summed E-state index contributed by atoms with van der Waals surface area (Å²) in [6, 6.07) is 27.6. The van der Waals surface area contributed by atoms with Crippen molar-refractivity contribution in [1.82, 2.24) is 3.97 Å². The largest absolute Gasteiger partial charge is 0.268 e. The first-order chi connectivity index (χ1) is 11.7. The highest BCUT2D eigenvalue weighted by molar-refractivity contribution is 7.90. The van der Waals surface area contributed by atoms with E-state index in [9.17, 15) is 8.42 Å². The van der Waals surface area contributed by atoms with Crippen LogP contribution in [0.15, 0.2) is 95.9 Å². The molecule has 0 atom stereocenters. The van der Waals surface area contributed by atoms with Crippen molar-refractivity contribution in [2.75, 3.05) is 0 Å². The molecule has 0 radical (unpaired) electrons. The van der Waals surface area contributed by atoms with E-state index in [1.165, 1.54) is 3.97 Å². The van der Waals surface area contributed by atoms with Crippen molar-refractivity contribution in [1.29, 1.82) is 0 Å². The Balaban J connectivity index is 2.08. The Bertz CT molecular complexity index is 1100. The maximum absolute atomic E-state index is 13.3. The van der Waals surface area contributed by atoms with E-state index in [1.807, 2.05) is 66.7 Å². The van der Waals surface area contributed by atoms with Crippen LogP contribution in [0.5, 0.6) is 0 Å². The predicted octanol–water partition coefficient (Wildman–Crippen LogP) is 4.55. The molecule has 0 bridgehead atoms. The van der Waals surface area contributed by atoms with Gasteiger partial charge in [-0.25, -0.2) is 12.4 Å². The fourth-order valence-corrected chi connectivity index (χ4v) is 4.45. The summed E-state index contributed by atoms with van der Waals surface area (Å²) in [5, 5.41) is 0.899. The molecule has 24 heavy (non-hydrogen) atoms. The van der Waals surface area contributed by atoms with Gasteiger partial charge in [0, 0.05) is 5.39 Å². The minimum Gasteiger partial charge on any atom is -0.233 e. The first-order valence-electron chi connectivity index (χ1n) is 7.64. The van der Waals surface area contributed by atoms with E-state index < -0.39 is 10.0 Å². The van der Waals surface area contributed by atoms with E-state index in [1.54, 1.807) is 24.3 Å². The van der Waals surface area contributed by atoms with Gasteiger partial charge in [0.15, 0.2) is 0 Å². The number of fused-ring (bicyclic) bond motifs is 1. The highest BCUT2D eigenvalue weighted by atomic mass is 32.2. The van der Waals surface area contributed by atoms with E-state index in [0.29, 0.717) is 11.2 Å². The number of nitrogens with zero attached hydrogens (tertiary/aromatic N) is 1. The maximum atomic E-state index is 13.3. The lowest BCUT2D eigenvalue weighted by Crippen LogP contribution is -2.13. The van der Waals surface area contributed by atoms with Crippen molar-refractivity contribution >= 4 is 20.9 Å². The average molecular weight is 333 g/mol. The zero-order valence-corrected chi connectivity index (χ0v) is 13.6. The van der Waals surface area contributed by atoms with Crippen LogP contribution in [0.2, 0.25) is 0 Å². The summed E-state index contributed by atoms with van der Waals surface area (Å²) >= 11 is 0. The molecule has 0 N–H and O–H groups in total. The highest BCUT2D eigenvalue weighted by Crippen LogP contribution is 2.31. The van der Waals surface area contributed by atoms with Gasteiger partial charge in [-0.15, -0.1) is 0 Å². The Morgan fingerprint density at radius 3 is 1.96 bits per heavy atom. The second-order valence-electron chi connectivity index (χ2n) is 5.54. The monoisotopic (exact) mass is 333 g/mol. The molecule has 0 fully saturated rings. The summed E-state index contributed by atoms with van der Waals surface area (Å²) in [7, 11) is -3.68. The first kappa shape index (κ1) is 14.7. The molecule has 0 amide bonds. The third-order valence-corrected chi connectivity index (χ3v) is 5.76. The van der Waals surface area contributed by atoms with Crippen molar-refractivity contribution in [3.8, 4) is 11.3 Å². The van der Waals surface area contributed by atoms with Crippen molar-refractivity contribution in [3.05, 3.63) is 91.0 Å². The first-order valence-corrected chi connectivity index (χ1v) is 9.08. The molecule has 0 saturated carbocycles. The number of rotatable bonds is 3. The van der Waals surface area contributed by atoms with Gasteiger partial charge in [0.25, 0.3) is 10.0 Å². The van der Waals surface area contributed by atoms with Crippen LogP contribution in [0, 0.1) is 0 Å². The zero-order valence-electron chi connectivity index (χ0n) is 12.8. The highest BCUT2D eigenvalue weighted by Gasteiger charge is 2.23. The lowest BCUT2D eigenvalue weighted by atomic mass is 10.1. The van der Waals surface area contributed by atoms with Crippen LogP contribution in [0.3, 0.4) is 0 Å². The summed E-state index contributed by atoms with van der Waals surface area (Å²) in [6.07, 6.45) is 0. The van der Waals surface area contributed by atoms with Crippen LogP contribution < -0.4 is 0 Å². The number of hydrogen-bond donors (Lipinski definition) is 0. The van der Waals surface area contributed by atoms with E-state index >= 15 is 0 Å². The molecule has 0 aliphatic carbocycles. The number of para-hydroxylation sites is 1. The van der Waals surface area contributed by atoms with Crippen molar-refractivity contribution in [2.24, 2.45) is 0 Å². The summed E-state index contributed by atoms with van der Waals surface area (Å²) in [5.74, 6) is 0. The Morgan fingerprint density at radius 1 is 0.667 bits per heavy atom. The van der Waals surface area contributed by atoms with Crippen molar-refractivity contribution in [2.45, 2.75) is 4.90 Å². The standard InChI is InChI=1S/C20H15NO2S/c22-24(23,18-12-5-2-6-13-18)21-19-14-8-7-11-17(19)15-20(21)16-9-3-1-4-10-16/h1-15H. The molecule has 0 spiro atoms. The van der Waals surface area contributed by atoms with Gasteiger partial charge in [-0.1, -0.05) is 66.7 Å². The lowest BCUT2D eigenvalue weighted by Gasteiger charge is -2.12.